The molecule has 1 aromatic carbocycles. The van der Waals surface area contributed by atoms with Crippen LogP contribution in [0.5, 0.6) is 0 Å². The number of amides is 1. The zero-order chi connectivity index (χ0) is 21.6. The van der Waals surface area contributed by atoms with E-state index in [9.17, 15) is 4.79 Å². The van der Waals surface area contributed by atoms with Crippen molar-refractivity contribution >= 4 is 33.9 Å². The van der Waals surface area contributed by atoms with Gasteiger partial charge in [-0.3, -0.25) is 9.78 Å². The fraction of sp³-hybridized carbons (Fsp3) is 0.0833. The fourth-order valence-electron chi connectivity index (χ4n) is 3.11. The van der Waals surface area contributed by atoms with Gasteiger partial charge >= 0.3 is 0 Å². The van der Waals surface area contributed by atoms with Crippen molar-refractivity contribution in [1.29, 1.82) is 0 Å². The molecule has 154 valence electrons. The van der Waals surface area contributed by atoms with Gasteiger partial charge < -0.3 is 10.6 Å². The minimum absolute atomic E-state index is 0.253. The standard InChI is InChI=1S/C24H21N5OS/c1-3-23(30)27-20-8-4-7-19(13-20)21-11-18(10-17-6-5-9-25-15-17)12-22(28-21)29-24-26-14-16(2)31-24/h3-9,11-15H,1,10H2,2H3,(H,27,30)(H,26,28,29). The Morgan fingerprint density at radius 3 is 2.77 bits per heavy atom. The van der Waals surface area contributed by atoms with E-state index in [1.807, 2.05) is 55.7 Å². The Balaban J connectivity index is 1.71. The Morgan fingerprint density at radius 1 is 1.13 bits per heavy atom. The first kappa shape index (κ1) is 20.4. The van der Waals surface area contributed by atoms with E-state index >= 15 is 0 Å². The molecular weight excluding hydrogens is 406 g/mol. The maximum Gasteiger partial charge on any atom is 0.247 e. The minimum Gasteiger partial charge on any atom is -0.323 e. The summed E-state index contributed by atoms with van der Waals surface area (Å²) in [6.07, 6.45) is 7.43. The maximum atomic E-state index is 11.7. The van der Waals surface area contributed by atoms with Gasteiger partial charge in [-0.15, -0.1) is 11.3 Å². The third-order valence-electron chi connectivity index (χ3n) is 4.48. The van der Waals surface area contributed by atoms with Gasteiger partial charge in [0.2, 0.25) is 5.91 Å². The average Bonchev–Trinajstić information content (AvgIpc) is 3.19. The molecule has 0 bridgehead atoms. The minimum atomic E-state index is -0.253. The van der Waals surface area contributed by atoms with Gasteiger partial charge in [0.05, 0.1) is 5.69 Å². The second-order valence-electron chi connectivity index (χ2n) is 6.96. The highest BCUT2D eigenvalue weighted by Gasteiger charge is 2.09. The van der Waals surface area contributed by atoms with Gasteiger partial charge in [-0.05, 0) is 60.9 Å². The Kier molecular flexibility index (Phi) is 6.14. The molecule has 7 heteroatoms. The van der Waals surface area contributed by atoms with E-state index in [-0.39, 0.29) is 5.91 Å². The molecule has 0 aliphatic rings. The monoisotopic (exact) mass is 427 g/mol. The normalized spacial score (nSPS) is 10.5. The van der Waals surface area contributed by atoms with Crippen molar-refractivity contribution in [2.75, 3.05) is 10.6 Å². The Bertz CT molecular complexity index is 1220. The largest absolute Gasteiger partial charge is 0.323 e. The number of pyridine rings is 2. The lowest BCUT2D eigenvalue weighted by molar-refractivity contribution is -0.111. The van der Waals surface area contributed by atoms with E-state index in [0.717, 1.165) is 38.8 Å². The van der Waals surface area contributed by atoms with Gasteiger partial charge in [-0.1, -0.05) is 24.8 Å². The average molecular weight is 428 g/mol. The number of carbonyl (C=O) groups is 1. The number of thiazole rings is 1. The van der Waals surface area contributed by atoms with Gasteiger partial charge in [0, 0.05) is 34.7 Å². The predicted molar refractivity (Wildman–Crippen MR) is 126 cm³/mol. The summed E-state index contributed by atoms with van der Waals surface area (Å²) in [4.78, 5) is 26.2. The number of carbonyl (C=O) groups excluding carboxylic acids is 1. The lowest BCUT2D eigenvalue weighted by Crippen LogP contribution is -2.07. The van der Waals surface area contributed by atoms with Gasteiger partial charge in [0.15, 0.2) is 5.13 Å². The first-order valence-electron chi connectivity index (χ1n) is 9.72. The quantitative estimate of drug-likeness (QED) is 0.388. The van der Waals surface area contributed by atoms with Crippen molar-refractivity contribution in [2.45, 2.75) is 13.3 Å². The number of aromatic nitrogens is 3. The molecule has 0 aliphatic carbocycles. The van der Waals surface area contributed by atoms with Crippen LogP contribution in [0.15, 0.2) is 79.8 Å². The predicted octanol–water partition coefficient (Wildman–Crippen LogP) is 5.37. The summed E-state index contributed by atoms with van der Waals surface area (Å²) in [6, 6.07) is 15.7. The highest BCUT2D eigenvalue weighted by atomic mass is 32.1. The molecule has 0 spiro atoms. The van der Waals surface area contributed by atoms with E-state index in [1.54, 1.807) is 17.5 Å². The number of benzene rings is 1. The van der Waals surface area contributed by atoms with E-state index in [1.165, 1.54) is 6.08 Å². The Labute approximate surface area is 184 Å². The van der Waals surface area contributed by atoms with E-state index < -0.39 is 0 Å². The number of hydrogen-bond acceptors (Lipinski definition) is 6. The SMILES string of the molecule is C=CC(=O)Nc1cccc(-c2cc(Cc3cccnc3)cc(Nc3ncc(C)s3)n2)c1. The molecule has 31 heavy (non-hydrogen) atoms. The molecule has 3 aromatic heterocycles. The molecule has 0 saturated carbocycles. The molecule has 6 nitrogen and oxygen atoms in total. The summed E-state index contributed by atoms with van der Waals surface area (Å²) in [7, 11) is 0. The summed E-state index contributed by atoms with van der Waals surface area (Å²) in [6.45, 7) is 5.52. The number of nitrogens with one attached hydrogen (secondary N) is 2. The first-order chi connectivity index (χ1) is 15.1. The van der Waals surface area contributed by atoms with Crippen LogP contribution in [-0.4, -0.2) is 20.9 Å². The van der Waals surface area contributed by atoms with Crippen molar-refractivity contribution in [1.82, 2.24) is 15.0 Å². The summed E-state index contributed by atoms with van der Waals surface area (Å²) in [5.74, 6) is 0.461. The highest BCUT2D eigenvalue weighted by molar-refractivity contribution is 7.15. The molecule has 0 aliphatic heterocycles. The molecule has 2 N–H and O–H groups in total. The van der Waals surface area contributed by atoms with Crippen molar-refractivity contribution < 1.29 is 4.79 Å². The second kappa shape index (κ2) is 9.32. The zero-order valence-corrected chi connectivity index (χ0v) is 17.8. The first-order valence-corrected chi connectivity index (χ1v) is 10.5. The number of rotatable bonds is 7. The molecule has 1 amide bonds. The third kappa shape index (κ3) is 5.40. The van der Waals surface area contributed by atoms with Crippen LogP contribution in [0.4, 0.5) is 16.6 Å². The smallest absolute Gasteiger partial charge is 0.247 e. The number of aryl methyl sites for hydroxylation is 1. The van der Waals surface area contributed by atoms with Gasteiger partial charge in [-0.2, -0.15) is 0 Å². The van der Waals surface area contributed by atoms with Crippen LogP contribution in [0.2, 0.25) is 0 Å². The van der Waals surface area contributed by atoms with Crippen LogP contribution in [-0.2, 0) is 11.2 Å². The van der Waals surface area contributed by atoms with Crippen LogP contribution >= 0.6 is 11.3 Å². The van der Waals surface area contributed by atoms with Crippen LogP contribution in [0, 0.1) is 6.92 Å². The number of hydrogen-bond donors (Lipinski definition) is 2. The molecule has 4 aromatic rings. The topological polar surface area (TPSA) is 79.8 Å². The van der Waals surface area contributed by atoms with Crippen LogP contribution in [0.25, 0.3) is 11.3 Å². The lowest BCUT2D eigenvalue weighted by Gasteiger charge is -2.11. The van der Waals surface area contributed by atoms with Crippen molar-refractivity contribution in [3.05, 3.63) is 95.8 Å². The summed E-state index contributed by atoms with van der Waals surface area (Å²) in [5, 5.41) is 6.90. The molecule has 0 atom stereocenters. The molecule has 0 radical (unpaired) electrons. The molecule has 4 rings (SSSR count). The molecule has 3 heterocycles. The Hall–Kier alpha value is -3.84. The second-order valence-corrected chi connectivity index (χ2v) is 8.19. The zero-order valence-electron chi connectivity index (χ0n) is 17.0. The van der Waals surface area contributed by atoms with Crippen LogP contribution < -0.4 is 10.6 Å². The van der Waals surface area contributed by atoms with Crippen LogP contribution in [0.1, 0.15) is 16.0 Å². The van der Waals surface area contributed by atoms with Crippen molar-refractivity contribution in [3.8, 4) is 11.3 Å². The number of nitrogens with zero attached hydrogens (tertiary/aromatic N) is 3. The van der Waals surface area contributed by atoms with E-state index in [2.05, 4.69) is 39.3 Å². The van der Waals surface area contributed by atoms with Gasteiger partial charge in [0.1, 0.15) is 5.82 Å². The van der Waals surface area contributed by atoms with Crippen molar-refractivity contribution in [2.24, 2.45) is 0 Å². The summed E-state index contributed by atoms with van der Waals surface area (Å²) < 4.78 is 0. The molecular formula is C24H21N5OS. The van der Waals surface area contributed by atoms with E-state index in [0.29, 0.717) is 11.5 Å². The van der Waals surface area contributed by atoms with E-state index in [4.69, 9.17) is 4.98 Å². The number of anilines is 3. The molecule has 0 saturated heterocycles. The third-order valence-corrected chi connectivity index (χ3v) is 5.31. The lowest BCUT2D eigenvalue weighted by atomic mass is 10.0. The Morgan fingerprint density at radius 2 is 2.03 bits per heavy atom. The summed E-state index contributed by atoms with van der Waals surface area (Å²) >= 11 is 1.58. The maximum absolute atomic E-state index is 11.7. The summed E-state index contributed by atoms with van der Waals surface area (Å²) in [5.41, 5.74) is 4.59. The molecule has 0 fully saturated rings. The van der Waals surface area contributed by atoms with Crippen molar-refractivity contribution in [3.63, 3.8) is 0 Å². The van der Waals surface area contributed by atoms with Gasteiger partial charge in [-0.25, -0.2) is 9.97 Å². The fourth-order valence-corrected chi connectivity index (χ4v) is 3.78. The van der Waals surface area contributed by atoms with Gasteiger partial charge in [0.25, 0.3) is 0 Å². The molecule has 0 unspecified atom stereocenters. The van der Waals surface area contributed by atoms with Crippen LogP contribution in [0.3, 0.4) is 0 Å². The highest BCUT2D eigenvalue weighted by Crippen LogP contribution is 2.27.